The summed E-state index contributed by atoms with van der Waals surface area (Å²) in [7, 11) is 0. The van der Waals surface area contributed by atoms with E-state index in [-0.39, 0.29) is 30.6 Å². The molecule has 0 saturated carbocycles. The summed E-state index contributed by atoms with van der Waals surface area (Å²) in [6.07, 6.45) is 1.04. The maximum Gasteiger partial charge on any atom is 0.285 e. The molecule has 0 bridgehead atoms. The molecule has 1 amide bonds. The highest BCUT2D eigenvalue weighted by Crippen LogP contribution is 2.21. The van der Waals surface area contributed by atoms with Crippen molar-refractivity contribution in [1.82, 2.24) is 14.8 Å². The number of morpholine rings is 1. The normalized spacial score (nSPS) is 15.6. The van der Waals surface area contributed by atoms with Gasteiger partial charge in [-0.15, -0.1) is 0 Å². The smallest absolute Gasteiger partial charge is 0.285 e. The summed E-state index contributed by atoms with van der Waals surface area (Å²) >= 11 is 0. The number of aromatic nitrogens is 1. The largest absolute Gasteiger partial charge is 0.379 e. The summed E-state index contributed by atoms with van der Waals surface area (Å²) in [5, 5.41) is 13.6. The Labute approximate surface area is 165 Å². The minimum absolute atomic E-state index is 0.190. The predicted molar refractivity (Wildman–Crippen MR) is 102 cm³/mol. The third kappa shape index (κ3) is 5.46. The van der Waals surface area contributed by atoms with E-state index in [0.717, 1.165) is 28.5 Å². The summed E-state index contributed by atoms with van der Waals surface area (Å²) in [6.45, 7) is 2.38. The van der Waals surface area contributed by atoms with E-state index in [9.17, 15) is 24.1 Å². The zero-order valence-corrected chi connectivity index (χ0v) is 15.6. The number of hydrogen-bond donors (Lipinski definition) is 1. The van der Waals surface area contributed by atoms with Crippen molar-refractivity contribution >= 4 is 11.6 Å². The van der Waals surface area contributed by atoms with Gasteiger partial charge in [0.1, 0.15) is 12.4 Å². The van der Waals surface area contributed by atoms with Crippen LogP contribution in [-0.4, -0.2) is 53.1 Å². The van der Waals surface area contributed by atoms with Crippen LogP contribution in [0.1, 0.15) is 11.6 Å². The molecule has 154 valence electrons. The number of ether oxygens (including phenoxy) is 1. The Morgan fingerprint density at radius 3 is 2.55 bits per heavy atom. The van der Waals surface area contributed by atoms with Crippen molar-refractivity contribution in [1.29, 1.82) is 0 Å². The third-order valence-corrected chi connectivity index (χ3v) is 4.73. The Kier molecular flexibility index (Phi) is 6.68. The number of rotatable bonds is 7. The van der Waals surface area contributed by atoms with Crippen molar-refractivity contribution in [3.8, 4) is 0 Å². The molecule has 9 nitrogen and oxygen atoms in total. The molecule has 1 fully saturated rings. The third-order valence-electron chi connectivity index (χ3n) is 4.73. The van der Waals surface area contributed by atoms with Gasteiger partial charge in [-0.05, 0) is 17.7 Å². The van der Waals surface area contributed by atoms with Crippen LogP contribution in [0.15, 0.2) is 47.4 Å². The fourth-order valence-electron chi connectivity index (χ4n) is 3.20. The highest BCUT2D eigenvalue weighted by atomic mass is 19.1. The minimum Gasteiger partial charge on any atom is -0.379 e. The summed E-state index contributed by atoms with van der Waals surface area (Å²) in [6, 6.07) is 8.05. The molecule has 0 radical (unpaired) electrons. The number of carbonyl (C=O) groups excluding carboxylic acids is 1. The number of nitrogens with one attached hydrogen (secondary N) is 1. The number of amides is 1. The van der Waals surface area contributed by atoms with Gasteiger partial charge >= 0.3 is 0 Å². The number of pyridine rings is 1. The van der Waals surface area contributed by atoms with Gasteiger partial charge in [-0.2, -0.15) is 0 Å². The molecule has 1 aromatic carbocycles. The van der Waals surface area contributed by atoms with Crippen molar-refractivity contribution < 1.29 is 18.8 Å². The maximum absolute atomic E-state index is 13.3. The number of hydrogen-bond acceptors (Lipinski definition) is 6. The highest BCUT2D eigenvalue weighted by molar-refractivity contribution is 5.75. The van der Waals surface area contributed by atoms with Crippen LogP contribution in [0.4, 0.5) is 10.1 Å². The molecule has 29 heavy (non-hydrogen) atoms. The van der Waals surface area contributed by atoms with Gasteiger partial charge in [0.25, 0.3) is 11.2 Å². The van der Waals surface area contributed by atoms with E-state index in [1.165, 1.54) is 12.1 Å². The Morgan fingerprint density at radius 1 is 1.21 bits per heavy atom. The molecule has 1 aliphatic rings. The average Bonchev–Trinajstić information content (AvgIpc) is 2.71. The van der Waals surface area contributed by atoms with Crippen molar-refractivity contribution in [2.45, 2.75) is 12.6 Å². The molecule has 3 rings (SSSR count). The number of carbonyl (C=O) groups is 1. The lowest BCUT2D eigenvalue weighted by molar-refractivity contribution is -0.385. The van der Waals surface area contributed by atoms with Gasteiger partial charge in [-0.25, -0.2) is 4.39 Å². The monoisotopic (exact) mass is 404 g/mol. The van der Waals surface area contributed by atoms with E-state index >= 15 is 0 Å². The van der Waals surface area contributed by atoms with E-state index in [1.54, 1.807) is 12.1 Å². The molecular weight excluding hydrogens is 383 g/mol. The quantitative estimate of drug-likeness (QED) is 0.547. The van der Waals surface area contributed by atoms with Crippen molar-refractivity contribution in [2.75, 3.05) is 32.8 Å². The molecule has 0 spiro atoms. The first-order valence-electron chi connectivity index (χ1n) is 9.13. The van der Waals surface area contributed by atoms with Gasteiger partial charge < -0.3 is 10.1 Å². The summed E-state index contributed by atoms with van der Waals surface area (Å²) in [5.74, 6) is -0.795. The molecule has 1 aromatic heterocycles. The van der Waals surface area contributed by atoms with Crippen molar-refractivity contribution in [2.24, 2.45) is 0 Å². The van der Waals surface area contributed by atoms with Crippen molar-refractivity contribution in [3.05, 3.63) is 74.4 Å². The first-order valence-corrected chi connectivity index (χ1v) is 9.13. The second-order valence-electron chi connectivity index (χ2n) is 6.63. The lowest BCUT2D eigenvalue weighted by Crippen LogP contribution is -2.44. The molecule has 1 aliphatic heterocycles. The van der Waals surface area contributed by atoms with Crippen LogP contribution >= 0.6 is 0 Å². The Balaban J connectivity index is 1.69. The van der Waals surface area contributed by atoms with Gasteiger partial charge in [0.05, 0.1) is 30.4 Å². The molecule has 1 unspecified atom stereocenters. The SMILES string of the molecule is O=C(Cn1cc([N+](=O)[O-])ccc1=O)NCC(c1ccc(F)cc1)N1CCOCC1. The molecule has 1 N–H and O–H groups in total. The lowest BCUT2D eigenvalue weighted by atomic mass is 10.0. The van der Waals surface area contributed by atoms with Crippen LogP contribution in [0.5, 0.6) is 0 Å². The van der Waals surface area contributed by atoms with E-state index in [2.05, 4.69) is 10.2 Å². The van der Waals surface area contributed by atoms with Crippen LogP contribution in [0, 0.1) is 15.9 Å². The molecule has 0 aliphatic carbocycles. The van der Waals surface area contributed by atoms with Crippen LogP contribution in [0.2, 0.25) is 0 Å². The average molecular weight is 404 g/mol. The van der Waals surface area contributed by atoms with E-state index in [1.807, 2.05) is 0 Å². The molecule has 2 heterocycles. The van der Waals surface area contributed by atoms with Crippen molar-refractivity contribution in [3.63, 3.8) is 0 Å². The predicted octanol–water partition coefficient (Wildman–Crippen LogP) is 1.09. The first kappa shape index (κ1) is 20.6. The molecule has 10 heteroatoms. The van der Waals surface area contributed by atoms with Crippen LogP contribution in [-0.2, 0) is 16.1 Å². The van der Waals surface area contributed by atoms with Crippen LogP contribution in [0.3, 0.4) is 0 Å². The summed E-state index contributed by atoms with van der Waals surface area (Å²) < 4.78 is 19.7. The minimum atomic E-state index is -0.628. The maximum atomic E-state index is 13.3. The molecule has 1 atom stereocenters. The van der Waals surface area contributed by atoms with Gasteiger partial charge in [0.2, 0.25) is 5.91 Å². The number of nitrogens with zero attached hydrogens (tertiary/aromatic N) is 3. The zero-order chi connectivity index (χ0) is 20.8. The Hall–Kier alpha value is -3.11. The zero-order valence-electron chi connectivity index (χ0n) is 15.6. The standard InChI is InChI=1S/C19H21FN4O5/c20-15-3-1-14(2-4-15)17(22-7-9-29-10-8-22)11-21-18(25)13-23-12-16(24(27)28)5-6-19(23)26/h1-6,12,17H,7-11,13H2,(H,21,25). The summed E-state index contributed by atoms with van der Waals surface area (Å²) in [5.41, 5.74) is 0.0741. The number of nitro groups is 1. The lowest BCUT2D eigenvalue weighted by Gasteiger charge is -2.35. The van der Waals surface area contributed by atoms with Gasteiger partial charge in [0.15, 0.2) is 0 Å². The second-order valence-corrected chi connectivity index (χ2v) is 6.63. The Bertz CT molecular complexity index is 925. The Morgan fingerprint density at radius 2 is 1.90 bits per heavy atom. The topological polar surface area (TPSA) is 107 Å². The van der Waals surface area contributed by atoms with Crippen LogP contribution in [0.25, 0.3) is 0 Å². The fraction of sp³-hybridized carbons (Fsp3) is 0.368. The van der Waals surface area contributed by atoms with Gasteiger partial charge in [-0.3, -0.25) is 29.2 Å². The molecular formula is C19H21FN4O5. The highest BCUT2D eigenvalue weighted by Gasteiger charge is 2.23. The number of halogens is 1. The van der Waals surface area contributed by atoms with Gasteiger partial charge in [0, 0.05) is 31.8 Å². The van der Waals surface area contributed by atoms with Crippen LogP contribution < -0.4 is 10.9 Å². The summed E-state index contributed by atoms with van der Waals surface area (Å²) in [4.78, 5) is 36.6. The van der Waals surface area contributed by atoms with Gasteiger partial charge in [-0.1, -0.05) is 12.1 Å². The van der Waals surface area contributed by atoms with E-state index < -0.39 is 16.4 Å². The second kappa shape index (κ2) is 9.39. The number of benzene rings is 1. The molecule has 2 aromatic rings. The first-order chi connectivity index (χ1) is 13.9. The fourth-order valence-corrected chi connectivity index (χ4v) is 3.20. The molecule has 1 saturated heterocycles. The van der Waals surface area contributed by atoms with E-state index in [4.69, 9.17) is 4.74 Å². The van der Waals surface area contributed by atoms with E-state index in [0.29, 0.717) is 26.3 Å².